The van der Waals surface area contributed by atoms with E-state index in [2.05, 4.69) is 0 Å². The molecule has 102 valence electrons. The summed E-state index contributed by atoms with van der Waals surface area (Å²) in [6.45, 7) is 0. The van der Waals surface area contributed by atoms with Gasteiger partial charge < -0.3 is 0 Å². The number of halogens is 2. The van der Waals surface area contributed by atoms with E-state index in [1.807, 2.05) is 24.3 Å². The Hall–Kier alpha value is -2.03. The first-order chi connectivity index (χ1) is 9.66. The second-order valence-electron chi connectivity index (χ2n) is 5.14. The molecule has 0 radical (unpaired) electrons. The summed E-state index contributed by atoms with van der Waals surface area (Å²) < 4.78 is 26.2. The summed E-state index contributed by atoms with van der Waals surface area (Å²) in [6, 6.07) is 11.2. The van der Waals surface area contributed by atoms with Gasteiger partial charge in [-0.15, -0.1) is 0 Å². The Morgan fingerprint density at radius 1 is 1.05 bits per heavy atom. The Balaban J connectivity index is 1.97. The largest absolute Gasteiger partial charge is 0.293 e. The predicted octanol–water partition coefficient (Wildman–Crippen LogP) is 4.27. The van der Waals surface area contributed by atoms with Crippen molar-refractivity contribution in [1.29, 1.82) is 0 Å². The first kappa shape index (κ1) is 13.0. The molecule has 0 spiro atoms. The summed E-state index contributed by atoms with van der Waals surface area (Å²) in [7, 11) is 0. The lowest BCUT2D eigenvalue weighted by atomic mass is 9.79. The molecular formula is C17H14F2O. The molecule has 1 unspecified atom stereocenters. The van der Waals surface area contributed by atoms with E-state index >= 15 is 0 Å². The van der Waals surface area contributed by atoms with Crippen LogP contribution < -0.4 is 0 Å². The number of hydrogen-bond acceptors (Lipinski definition) is 1. The van der Waals surface area contributed by atoms with Gasteiger partial charge >= 0.3 is 0 Å². The van der Waals surface area contributed by atoms with Crippen molar-refractivity contribution >= 4 is 5.78 Å². The normalized spacial score (nSPS) is 17.6. The molecule has 3 heteroatoms. The van der Waals surface area contributed by atoms with E-state index < -0.39 is 11.6 Å². The minimum absolute atomic E-state index is 0.129. The molecule has 0 aliphatic heterocycles. The van der Waals surface area contributed by atoms with Crippen LogP contribution in [0.25, 0.3) is 0 Å². The van der Waals surface area contributed by atoms with Crippen molar-refractivity contribution in [2.45, 2.75) is 25.2 Å². The second-order valence-corrected chi connectivity index (χ2v) is 5.14. The van der Waals surface area contributed by atoms with Crippen LogP contribution in [-0.2, 0) is 6.42 Å². The topological polar surface area (TPSA) is 17.1 Å². The Labute approximate surface area is 116 Å². The fourth-order valence-electron chi connectivity index (χ4n) is 2.88. The first-order valence-corrected chi connectivity index (χ1v) is 6.74. The second kappa shape index (κ2) is 5.16. The van der Waals surface area contributed by atoms with Gasteiger partial charge in [0.1, 0.15) is 0 Å². The maximum Gasteiger partial charge on any atom is 0.170 e. The molecule has 0 bridgehead atoms. The minimum atomic E-state index is -0.972. The van der Waals surface area contributed by atoms with Gasteiger partial charge in [-0.3, -0.25) is 4.79 Å². The highest BCUT2D eigenvalue weighted by Gasteiger charge is 2.27. The van der Waals surface area contributed by atoms with Crippen LogP contribution in [0.1, 0.15) is 40.2 Å². The third-order valence-electron chi connectivity index (χ3n) is 3.89. The zero-order chi connectivity index (χ0) is 14.1. The fourth-order valence-corrected chi connectivity index (χ4v) is 2.88. The predicted molar refractivity (Wildman–Crippen MR) is 72.8 cm³/mol. The fraction of sp³-hybridized carbons (Fsp3) is 0.235. The van der Waals surface area contributed by atoms with Crippen LogP contribution in [0.4, 0.5) is 8.78 Å². The summed E-state index contributed by atoms with van der Waals surface area (Å²) in [5, 5.41) is 0. The molecule has 1 nitrogen and oxygen atoms in total. The lowest BCUT2D eigenvalue weighted by Gasteiger charge is -2.24. The average molecular weight is 272 g/mol. The van der Waals surface area contributed by atoms with Crippen LogP contribution in [0.2, 0.25) is 0 Å². The highest BCUT2D eigenvalue weighted by Crippen LogP contribution is 2.34. The highest BCUT2D eigenvalue weighted by molar-refractivity contribution is 6.01. The van der Waals surface area contributed by atoms with Gasteiger partial charge in [-0.25, -0.2) is 8.78 Å². The van der Waals surface area contributed by atoms with Crippen molar-refractivity contribution in [3.05, 3.63) is 70.8 Å². The molecule has 0 saturated carbocycles. The third kappa shape index (κ3) is 2.24. The van der Waals surface area contributed by atoms with Gasteiger partial charge in [-0.05, 0) is 48.6 Å². The van der Waals surface area contributed by atoms with E-state index in [1.165, 1.54) is 11.6 Å². The van der Waals surface area contributed by atoms with Crippen molar-refractivity contribution < 1.29 is 13.6 Å². The van der Waals surface area contributed by atoms with Crippen LogP contribution in [-0.4, -0.2) is 5.78 Å². The molecular weight excluding hydrogens is 258 g/mol. The smallest absolute Gasteiger partial charge is 0.170 e. The van der Waals surface area contributed by atoms with Crippen molar-refractivity contribution in [3.8, 4) is 0 Å². The maximum absolute atomic E-state index is 13.3. The monoisotopic (exact) mass is 272 g/mol. The number of fused-ring (bicyclic) bond motifs is 1. The quantitative estimate of drug-likeness (QED) is 0.746. The molecule has 1 atom stereocenters. The molecule has 2 aromatic rings. The Kier molecular flexibility index (Phi) is 3.35. The highest BCUT2D eigenvalue weighted by atomic mass is 19.2. The average Bonchev–Trinajstić information content (AvgIpc) is 2.49. The summed E-state index contributed by atoms with van der Waals surface area (Å²) >= 11 is 0. The standard InChI is InChI=1S/C17H14F2O/c18-15-9-8-12(10-16(15)19)17(20)14-7-3-5-11-4-1-2-6-13(11)14/h1-2,4,6,8-10,14H,3,5,7H2. The molecule has 20 heavy (non-hydrogen) atoms. The van der Waals surface area contributed by atoms with Crippen LogP contribution >= 0.6 is 0 Å². The van der Waals surface area contributed by atoms with Gasteiger partial charge in [0.25, 0.3) is 0 Å². The molecule has 0 N–H and O–H groups in total. The van der Waals surface area contributed by atoms with Crippen molar-refractivity contribution in [2.75, 3.05) is 0 Å². The van der Waals surface area contributed by atoms with Gasteiger partial charge in [0, 0.05) is 11.5 Å². The number of rotatable bonds is 2. The van der Waals surface area contributed by atoms with Crippen LogP contribution in [0.5, 0.6) is 0 Å². The van der Waals surface area contributed by atoms with E-state index in [0.717, 1.165) is 37.0 Å². The molecule has 1 aliphatic carbocycles. The van der Waals surface area contributed by atoms with Crippen molar-refractivity contribution in [2.24, 2.45) is 0 Å². The molecule has 3 rings (SSSR count). The van der Waals surface area contributed by atoms with Crippen molar-refractivity contribution in [3.63, 3.8) is 0 Å². The van der Waals surface area contributed by atoms with E-state index in [9.17, 15) is 13.6 Å². The van der Waals surface area contributed by atoms with Crippen LogP contribution in [0, 0.1) is 11.6 Å². The number of carbonyl (C=O) groups excluding carboxylic acids is 1. The molecule has 2 aromatic carbocycles. The number of ketones is 1. The number of aryl methyl sites for hydroxylation is 1. The number of Topliss-reactive ketones (excluding diaryl/α,β-unsaturated/α-hetero) is 1. The van der Waals surface area contributed by atoms with Crippen LogP contribution in [0.3, 0.4) is 0 Å². The van der Waals surface area contributed by atoms with Crippen molar-refractivity contribution in [1.82, 2.24) is 0 Å². The van der Waals surface area contributed by atoms with Gasteiger partial charge in [0.05, 0.1) is 0 Å². The van der Waals surface area contributed by atoms with Crippen LogP contribution in [0.15, 0.2) is 42.5 Å². The summed E-state index contributed by atoms with van der Waals surface area (Å²) in [5.74, 6) is -2.27. The maximum atomic E-state index is 13.3. The van der Waals surface area contributed by atoms with Gasteiger partial charge in [-0.2, -0.15) is 0 Å². The lowest BCUT2D eigenvalue weighted by Crippen LogP contribution is -2.19. The molecule has 0 heterocycles. The molecule has 0 aromatic heterocycles. The first-order valence-electron chi connectivity index (χ1n) is 6.74. The Morgan fingerprint density at radius 3 is 2.65 bits per heavy atom. The number of hydrogen-bond donors (Lipinski definition) is 0. The molecule has 1 aliphatic rings. The third-order valence-corrected chi connectivity index (χ3v) is 3.89. The van der Waals surface area contributed by atoms with E-state index in [-0.39, 0.29) is 17.3 Å². The van der Waals surface area contributed by atoms with E-state index in [4.69, 9.17) is 0 Å². The molecule has 0 saturated heterocycles. The molecule has 0 fully saturated rings. The number of benzene rings is 2. The van der Waals surface area contributed by atoms with Gasteiger partial charge in [0.2, 0.25) is 0 Å². The SMILES string of the molecule is O=C(c1ccc(F)c(F)c1)C1CCCc2ccccc21. The summed E-state index contributed by atoms with van der Waals surface area (Å²) in [4.78, 5) is 12.5. The van der Waals surface area contributed by atoms with Gasteiger partial charge in [-0.1, -0.05) is 24.3 Å². The zero-order valence-corrected chi connectivity index (χ0v) is 10.9. The van der Waals surface area contributed by atoms with Gasteiger partial charge in [0.15, 0.2) is 17.4 Å². The zero-order valence-electron chi connectivity index (χ0n) is 10.9. The lowest BCUT2D eigenvalue weighted by molar-refractivity contribution is 0.0950. The summed E-state index contributed by atoms with van der Waals surface area (Å²) in [5.41, 5.74) is 2.44. The Morgan fingerprint density at radius 2 is 1.85 bits per heavy atom. The summed E-state index contributed by atoms with van der Waals surface area (Å²) in [6.07, 6.45) is 2.67. The minimum Gasteiger partial charge on any atom is -0.293 e. The van der Waals surface area contributed by atoms with E-state index in [0.29, 0.717) is 0 Å². The van der Waals surface area contributed by atoms with E-state index in [1.54, 1.807) is 0 Å². The Bertz CT molecular complexity index is 664. The molecule has 0 amide bonds. The number of carbonyl (C=O) groups is 1.